The van der Waals surface area contributed by atoms with Crippen molar-refractivity contribution < 1.29 is 14.3 Å². The average molecular weight is 455 g/mol. The minimum absolute atomic E-state index is 0.0935. The van der Waals surface area contributed by atoms with Crippen molar-refractivity contribution >= 4 is 28.8 Å². The molecule has 34 heavy (non-hydrogen) atoms. The van der Waals surface area contributed by atoms with Crippen molar-refractivity contribution in [3.8, 4) is 5.75 Å². The minimum atomic E-state index is -0.389. The van der Waals surface area contributed by atoms with Gasteiger partial charge in [-0.3, -0.25) is 19.5 Å². The molecule has 0 unspecified atom stereocenters. The van der Waals surface area contributed by atoms with Crippen LogP contribution in [0.5, 0.6) is 5.75 Å². The van der Waals surface area contributed by atoms with Crippen LogP contribution < -0.4 is 15.0 Å². The maximum absolute atomic E-state index is 13.5. The van der Waals surface area contributed by atoms with E-state index in [1.807, 2.05) is 42.5 Å². The van der Waals surface area contributed by atoms with Gasteiger partial charge in [0.1, 0.15) is 11.4 Å². The first kappa shape index (κ1) is 21.7. The maximum Gasteiger partial charge on any atom is 0.278 e. The van der Waals surface area contributed by atoms with Gasteiger partial charge in [0.25, 0.3) is 11.8 Å². The third-order valence-corrected chi connectivity index (χ3v) is 6.20. The fraction of sp³-hybridized carbons (Fsp3) is 0.222. The number of nitrogens with zero attached hydrogens (tertiary/aromatic N) is 3. The Morgan fingerprint density at radius 1 is 0.912 bits per heavy atom. The van der Waals surface area contributed by atoms with Gasteiger partial charge < -0.3 is 15.0 Å². The number of aromatic nitrogens is 1. The fourth-order valence-corrected chi connectivity index (χ4v) is 4.47. The van der Waals surface area contributed by atoms with Crippen molar-refractivity contribution in [1.82, 2.24) is 9.88 Å². The zero-order valence-electron chi connectivity index (χ0n) is 19.0. The van der Waals surface area contributed by atoms with Crippen LogP contribution in [0.4, 0.5) is 11.4 Å². The highest BCUT2D eigenvalue weighted by Gasteiger charge is 2.40. The van der Waals surface area contributed by atoms with Crippen molar-refractivity contribution in [2.45, 2.75) is 19.4 Å². The van der Waals surface area contributed by atoms with E-state index in [1.54, 1.807) is 37.6 Å². The molecule has 0 atom stereocenters. The number of amides is 2. The number of anilines is 2. The summed E-state index contributed by atoms with van der Waals surface area (Å²) in [6.07, 6.45) is 4.06. The third kappa shape index (κ3) is 4.12. The molecule has 2 aliphatic heterocycles. The summed E-state index contributed by atoms with van der Waals surface area (Å²) in [6.45, 7) is 2.22. The molecule has 1 N–H and O–H groups in total. The van der Waals surface area contributed by atoms with Gasteiger partial charge in [0.15, 0.2) is 0 Å². The number of carbonyl (C=O) groups is 2. The summed E-state index contributed by atoms with van der Waals surface area (Å²) in [5, 5.41) is 3.23. The molecule has 0 spiro atoms. The summed E-state index contributed by atoms with van der Waals surface area (Å²) in [5.74, 6) is -0.237. The number of benzene rings is 2. The highest BCUT2D eigenvalue weighted by molar-refractivity contribution is 6.36. The number of carbonyl (C=O) groups excluding carboxylic acids is 2. The van der Waals surface area contributed by atoms with Crippen LogP contribution in [0, 0.1) is 0 Å². The van der Waals surface area contributed by atoms with Crippen molar-refractivity contribution in [2.75, 3.05) is 30.4 Å². The first-order chi connectivity index (χ1) is 16.7. The van der Waals surface area contributed by atoms with Crippen molar-refractivity contribution in [1.29, 1.82) is 0 Å². The second kappa shape index (κ2) is 9.39. The zero-order valence-corrected chi connectivity index (χ0v) is 19.0. The van der Waals surface area contributed by atoms with Crippen molar-refractivity contribution in [2.24, 2.45) is 0 Å². The standard InChI is InChI=1S/C27H26N4O3/c1-34-23-10-3-2-9-22(23)24-25(27(33)31(26(24)32)18-20-8-4-5-15-28-20)29-19-11-13-21(14-12-19)30-16-6-7-17-30/h2-5,8-15,29H,6-7,16-18H2,1H3. The monoisotopic (exact) mass is 454 g/mol. The lowest BCUT2D eigenvalue weighted by Crippen LogP contribution is -2.32. The molecule has 1 saturated heterocycles. The molecule has 0 aliphatic carbocycles. The summed E-state index contributed by atoms with van der Waals surface area (Å²) < 4.78 is 5.50. The van der Waals surface area contributed by atoms with Gasteiger partial charge in [-0.1, -0.05) is 24.3 Å². The van der Waals surface area contributed by atoms with Crippen molar-refractivity contribution in [3.05, 3.63) is 89.9 Å². The Bertz CT molecular complexity index is 1230. The first-order valence-corrected chi connectivity index (χ1v) is 11.4. The van der Waals surface area contributed by atoms with Gasteiger partial charge in [-0.05, 0) is 55.3 Å². The average Bonchev–Trinajstić information content (AvgIpc) is 3.49. The Labute approximate surface area is 198 Å². The number of rotatable bonds is 7. The predicted octanol–water partition coefficient (Wildman–Crippen LogP) is 4.08. The number of hydrogen-bond acceptors (Lipinski definition) is 6. The molecule has 7 heteroatoms. The Morgan fingerprint density at radius 3 is 2.35 bits per heavy atom. The topological polar surface area (TPSA) is 74.8 Å². The number of hydrogen-bond donors (Lipinski definition) is 1. The number of imide groups is 1. The van der Waals surface area contributed by atoms with E-state index in [0.717, 1.165) is 24.5 Å². The molecule has 172 valence electrons. The number of para-hydroxylation sites is 1. The molecule has 0 saturated carbocycles. The highest BCUT2D eigenvalue weighted by atomic mass is 16.5. The van der Waals surface area contributed by atoms with Crippen LogP contribution in [0.25, 0.3) is 5.57 Å². The first-order valence-electron chi connectivity index (χ1n) is 11.4. The summed E-state index contributed by atoms with van der Waals surface area (Å²) >= 11 is 0. The van der Waals surface area contributed by atoms with E-state index in [9.17, 15) is 9.59 Å². The van der Waals surface area contributed by atoms with E-state index in [1.165, 1.54) is 17.7 Å². The fourth-order valence-electron chi connectivity index (χ4n) is 4.47. The zero-order chi connectivity index (χ0) is 23.5. The van der Waals surface area contributed by atoms with Crippen LogP contribution >= 0.6 is 0 Å². The van der Waals surface area contributed by atoms with Gasteiger partial charge in [-0.2, -0.15) is 0 Å². The minimum Gasteiger partial charge on any atom is -0.496 e. The Hall–Kier alpha value is -4.13. The molecule has 1 aromatic heterocycles. The molecule has 0 radical (unpaired) electrons. The van der Waals surface area contributed by atoms with Gasteiger partial charge in [-0.15, -0.1) is 0 Å². The molecular formula is C27H26N4O3. The molecule has 5 rings (SSSR count). The quantitative estimate of drug-likeness (QED) is 0.542. The second-order valence-corrected chi connectivity index (χ2v) is 8.33. The Balaban J connectivity index is 1.50. The molecule has 2 amide bonds. The van der Waals surface area contributed by atoms with Gasteiger partial charge >= 0.3 is 0 Å². The smallest absolute Gasteiger partial charge is 0.278 e. The molecule has 2 aliphatic rings. The van der Waals surface area contributed by atoms with Gasteiger partial charge in [0.2, 0.25) is 0 Å². The SMILES string of the molecule is COc1ccccc1C1=C(Nc2ccc(N3CCCC3)cc2)C(=O)N(Cc2ccccn2)C1=O. The molecule has 1 fully saturated rings. The largest absolute Gasteiger partial charge is 0.496 e. The van der Waals surface area contributed by atoms with Crippen LogP contribution in [0.1, 0.15) is 24.1 Å². The normalized spacial score (nSPS) is 15.9. The molecule has 7 nitrogen and oxygen atoms in total. The number of methoxy groups -OCH3 is 1. The Morgan fingerprint density at radius 2 is 1.65 bits per heavy atom. The molecule has 3 heterocycles. The van der Waals surface area contributed by atoms with Gasteiger partial charge in [0, 0.05) is 36.2 Å². The van der Waals surface area contributed by atoms with E-state index >= 15 is 0 Å². The van der Waals surface area contributed by atoms with E-state index in [2.05, 4.69) is 15.2 Å². The highest BCUT2D eigenvalue weighted by Crippen LogP contribution is 2.36. The summed E-state index contributed by atoms with van der Waals surface area (Å²) in [4.78, 5) is 34.9. The van der Waals surface area contributed by atoms with Crippen LogP contribution in [-0.4, -0.2) is 41.9 Å². The molecular weight excluding hydrogens is 428 g/mol. The van der Waals surface area contributed by atoms with Crippen LogP contribution in [0.3, 0.4) is 0 Å². The molecule has 0 bridgehead atoms. The van der Waals surface area contributed by atoms with E-state index in [-0.39, 0.29) is 24.1 Å². The predicted molar refractivity (Wildman–Crippen MR) is 131 cm³/mol. The maximum atomic E-state index is 13.5. The van der Waals surface area contributed by atoms with Crippen LogP contribution in [0.2, 0.25) is 0 Å². The molecule has 3 aromatic rings. The Kier molecular flexibility index (Phi) is 5.99. The second-order valence-electron chi connectivity index (χ2n) is 8.33. The van der Waals surface area contributed by atoms with Gasteiger partial charge in [-0.25, -0.2) is 0 Å². The summed E-state index contributed by atoms with van der Waals surface area (Å²) in [6, 6.07) is 20.6. The number of pyridine rings is 1. The van der Waals surface area contributed by atoms with E-state index < -0.39 is 0 Å². The third-order valence-electron chi connectivity index (χ3n) is 6.20. The summed E-state index contributed by atoms with van der Waals surface area (Å²) in [7, 11) is 1.55. The molecule has 2 aromatic carbocycles. The lowest BCUT2D eigenvalue weighted by Gasteiger charge is -2.18. The lowest BCUT2D eigenvalue weighted by atomic mass is 10.0. The number of ether oxygens (including phenoxy) is 1. The van der Waals surface area contributed by atoms with E-state index in [0.29, 0.717) is 22.6 Å². The van der Waals surface area contributed by atoms with Crippen molar-refractivity contribution in [3.63, 3.8) is 0 Å². The van der Waals surface area contributed by atoms with Crippen LogP contribution in [-0.2, 0) is 16.1 Å². The lowest BCUT2D eigenvalue weighted by molar-refractivity contribution is -0.137. The van der Waals surface area contributed by atoms with Gasteiger partial charge in [0.05, 0.1) is 24.9 Å². The van der Waals surface area contributed by atoms with E-state index in [4.69, 9.17) is 4.74 Å². The number of nitrogens with one attached hydrogen (secondary N) is 1. The summed E-state index contributed by atoms with van der Waals surface area (Å²) in [5.41, 5.74) is 3.64. The van der Waals surface area contributed by atoms with Crippen LogP contribution in [0.15, 0.2) is 78.6 Å².